The van der Waals surface area contributed by atoms with Gasteiger partial charge in [-0.05, 0) is 12.8 Å². The van der Waals surface area contributed by atoms with Crippen molar-refractivity contribution in [3.63, 3.8) is 0 Å². The van der Waals surface area contributed by atoms with Gasteiger partial charge in [-0.25, -0.2) is 4.79 Å². The molecule has 2 fully saturated rings. The Morgan fingerprint density at radius 2 is 2.44 bits per heavy atom. The SMILES string of the molecule is COC1CCN2C3C=CC4=CC(=O)O[C@]4(C3)[C@@H]2C1. The fourth-order valence-corrected chi connectivity index (χ4v) is 4.10. The smallest absolute Gasteiger partial charge is 0.332 e. The van der Waals surface area contributed by atoms with Gasteiger partial charge in [-0.1, -0.05) is 12.2 Å². The van der Waals surface area contributed by atoms with E-state index in [0.29, 0.717) is 12.1 Å². The van der Waals surface area contributed by atoms with Crippen LogP contribution < -0.4 is 0 Å². The number of methoxy groups -OCH3 is 1. The van der Waals surface area contributed by atoms with E-state index in [0.717, 1.165) is 31.4 Å². The van der Waals surface area contributed by atoms with Gasteiger partial charge < -0.3 is 9.47 Å². The quantitative estimate of drug-likeness (QED) is 0.649. The molecule has 0 aromatic heterocycles. The summed E-state index contributed by atoms with van der Waals surface area (Å²) in [5.74, 6) is -0.184. The zero-order valence-corrected chi connectivity index (χ0v) is 10.5. The molecule has 4 nitrogen and oxygen atoms in total. The van der Waals surface area contributed by atoms with E-state index in [9.17, 15) is 4.79 Å². The number of hydrogen-bond donors (Lipinski definition) is 0. The minimum Gasteiger partial charge on any atom is -0.449 e. The molecule has 18 heavy (non-hydrogen) atoms. The molecule has 2 bridgehead atoms. The molecule has 4 atom stereocenters. The molecule has 0 N–H and O–H groups in total. The second-order valence-corrected chi connectivity index (χ2v) is 5.68. The van der Waals surface area contributed by atoms with Crippen LogP contribution in [0, 0.1) is 0 Å². The standard InChI is InChI=1S/C14H17NO3/c1-17-11-4-5-15-10-3-2-9-6-13(16)18-14(9,8-10)12(15)7-11/h2-3,6,10-12H,4-5,7-8H2,1H3/t10?,11?,12-,14-/m0/s1. The Hall–Kier alpha value is -1.13. The summed E-state index contributed by atoms with van der Waals surface area (Å²) in [6.45, 7) is 1.03. The maximum Gasteiger partial charge on any atom is 0.332 e. The van der Waals surface area contributed by atoms with Crippen LogP contribution in [0.15, 0.2) is 23.8 Å². The maximum absolute atomic E-state index is 11.6. The zero-order chi connectivity index (χ0) is 12.3. The van der Waals surface area contributed by atoms with Crippen molar-refractivity contribution >= 4 is 5.97 Å². The lowest BCUT2D eigenvalue weighted by Gasteiger charge is -2.40. The lowest BCUT2D eigenvalue weighted by atomic mass is 9.80. The third-order valence-corrected chi connectivity index (χ3v) is 4.95. The average Bonchev–Trinajstić information content (AvgIpc) is 2.85. The summed E-state index contributed by atoms with van der Waals surface area (Å²) in [5, 5.41) is 0. The first kappa shape index (κ1) is 10.8. The van der Waals surface area contributed by atoms with Crippen LogP contribution >= 0.6 is 0 Å². The van der Waals surface area contributed by atoms with Crippen molar-refractivity contribution in [2.45, 2.75) is 43.1 Å². The number of fused-ring (bicyclic) bond motifs is 3. The van der Waals surface area contributed by atoms with Gasteiger partial charge in [0.05, 0.1) is 12.1 Å². The van der Waals surface area contributed by atoms with Crippen LogP contribution in [0.5, 0.6) is 0 Å². The number of nitrogens with zero attached hydrogens (tertiary/aromatic N) is 1. The lowest BCUT2D eigenvalue weighted by Crippen LogP contribution is -2.51. The first-order chi connectivity index (χ1) is 8.73. The second-order valence-electron chi connectivity index (χ2n) is 5.68. The summed E-state index contributed by atoms with van der Waals surface area (Å²) < 4.78 is 11.2. The molecule has 4 heteroatoms. The Morgan fingerprint density at radius 3 is 3.28 bits per heavy atom. The molecule has 4 aliphatic rings. The van der Waals surface area contributed by atoms with E-state index >= 15 is 0 Å². The van der Waals surface area contributed by atoms with Crippen molar-refractivity contribution in [2.24, 2.45) is 0 Å². The van der Waals surface area contributed by atoms with E-state index in [1.165, 1.54) is 0 Å². The number of rotatable bonds is 1. The molecule has 1 aliphatic carbocycles. The van der Waals surface area contributed by atoms with Gasteiger partial charge in [0.2, 0.25) is 0 Å². The van der Waals surface area contributed by atoms with Gasteiger partial charge in [0, 0.05) is 37.8 Å². The van der Waals surface area contributed by atoms with E-state index in [1.807, 2.05) is 0 Å². The Labute approximate surface area is 106 Å². The highest BCUT2D eigenvalue weighted by Crippen LogP contribution is 2.51. The molecule has 96 valence electrons. The van der Waals surface area contributed by atoms with E-state index in [2.05, 4.69) is 17.1 Å². The van der Waals surface area contributed by atoms with Crippen LogP contribution in [0.2, 0.25) is 0 Å². The summed E-state index contributed by atoms with van der Waals surface area (Å²) in [7, 11) is 1.77. The molecule has 1 spiro atoms. The summed E-state index contributed by atoms with van der Waals surface area (Å²) in [5.41, 5.74) is 0.682. The molecule has 3 heterocycles. The molecule has 0 aromatic carbocycles. The van der Waals surface area contributed by atoms with Gasteiger partial charge in [0.1, 0.15) is 0 Å². The monoisotopic (exact) mass is 247 g/mol. The molecular formula is C14H17NO3. The fraction of sp³-hybridized carbons (Fsp3) is 0.643. The van der Waals surface area contributed by atoms with Crippen LogP contribution in [0.25, 0.3) is 0 Å². The normalized spacial score (nSPS) is 45.5. The second kappa shape index (κ2) is 3.45. The van der Waals surface area contributed by atoms with Gasteiger partial charge in [-0.3, -0.25) is 4.90 Å². The number of esters is 1. The highest BCUT2D eigenvalue weighted by atomic mass is 16.6. The minimum atomic E-state index is -0.381. The highest BCUT2D eigenvalue weighted by Gasteiger charge is 2.60. The van der Waals surface area contributed by atoms with Crippen LogP contribution in [0.3, 0.4) is 0 Å². The Kier molecular flexibility index (Phi) is 2.07. The van der Waals surface area contributed by atoms with Gasteiger partial charge in [0.15, 0.2) is 5.60 Å². The molecular weight excluding hydrogens is 230 g/mol. The third kappa shape index (κ3) is 1.20. The first-order valence-corrected chi connectivity index (χ1v) is 6.65. The molecule has 0 saturated carbocycles. The minimum absolute atomic E-state index is 0.184. The number of ether oxygens (including phenoxy) is 2. The van der Waals surface area contributed by atoms with Crippen LogP contribution in [0.1, 0.15) is 19.3 Å². The molecule has 3 aliphatic heterocycles. The van der Waals surface area contributed by atoms with E-state index in [-0.39, 0.29) is 17.6 Å². The van der Waals surface area contributed by atoms with Crippen molar-refractivity contribution < 1.29 is 14.3 Å². The molecule has 4 rings (SSSR count). The van der Waals surface area contributed by atoms with Crippen molar-refractivity contribution in [1.29, 1.82) is 0 Å². The van der Waals surface area contributed by atoms with E-state index in [4.69, 9.17) is 9.47 Å². The maximum atomic E-state index is 11.6. The molecule has 2 unspecified atom stereocenters. The van der Waals surface area contributed by atoms with Gasteiger partial charge in [0.25, 0.3) is 0 Å². The zero-order valence-electron chi connectivity index (χ0n) is 10.5. The van der Waals surface area contributed by atoms with Crippen LogP contribution in [0.4, 0.5) is 0 Å². The Morgan fingerprint density at radius 1 is 1.56 bits per heavy atom. The Bertz CT molecular complexity index is 470. The van der Waals surface area contributed by atoms with Gasteiger partial charge in [-0.15, -0.1) is 0 Å². The lowest BCUT2D eigenvalue weighted by molar-refractivity contribution is -0.149. The number of carbonyl (C=O) groups excluding carboxylic acids is 1. The number of piperidine rings is 1. The molecule has 0 radical (unpaired) electrons. The summed E-state index contributed by atoms with van der Waals surface area (Å²) in [4.78, 5) is 14.1. The predicted molar refractivity (Wildman–Crippen MR) is 65.0 cm³/mol. The highest BCUT2D eigenvalue weighted by molar-refractivity contribution is 5.88. The summed E-state index contributed by atoms with van der Waals surface area (Å²) in [6, 6.07) is 0.713. The van der Waals surface area contributed by atoms with Gasteiger partial charge in [-0.2, -0.15) is 0 Å². The van der Waals surface area contributed by atoms with E-state index < -0.39 is 0 Å². The average molecular weight is 247 g/mol. The summed E-state index contributed by atoms with van der Waals surface area (Å²) >= 11 is 0. The topological polar surface area (TPSA) is 38.8 Å². The largest absolute Gasteiger partial charge is 0.449 e. The van der Waals surface area contributed by atoms with Crippen molar-refractivity contribution in [3.8, 4) is 0 Å². The molecule has 0 aromatic rings. The van der Waals surface area contributed by atoms with E-state index in [1.54, 1.807) is 13.2 Å². The molecule has 2 saturated heterocycles. The number of hydrogen-bond acceptors (Lipinski definition) is 4. The van der Waals surface area contributed by atoms with Crippen molar-refractivity contribution in [3.05, 3.63) is 23.8 Å². The molecule has 0 amide bonds. The van der Waals surface area contributed by atoms with Crippen molar-refractivity contribution in [1.82, 2.24) is 4.90 Å². The summed E-state index contributed by atoms with van der Waals surface area (Å²) in [6.07, 6.45) is 9.20. The third-order valence-electron chi connectivity index (χ3n) is 4.95. The van der Waals surface area contributed by atoms with Crippen LogP contribution in [-0.2, 0) is 14.3 Å². The Balaban J connectivity index is 1.75. The van der Waals surface area contributed by atoms with Crippen molar-refractivity contribution in [2.75, 3.05) is 13.7 Å². The van der Waals surface area contributed by atoms with Gasteiger partial charge >= 0.3 is 5.97 Å². The fourth-order valence-electron chi connectivity index (χ4n) is 4.10. The predicted octanol–water partition coefficient (Wildman–Crippen LogP) is 1.03. The van der Waals surface area contributed by atoms with Crippen LogP contribution in [-0.4, -0.2) is 48.3 Å². The first-order valence-electron chi connectivity index (χ1n) is 6.65. The number of carbonyl (C=O) groups is 1.